The Balaban J connectivity index is 1.44. The van der Waals surface area contributed by atoms with E-state index in [9.17, 15) is 4.79 Å². The predicted octanol–water partition coefficient (Wildman–Crippen LogP) is 4.09. The number of nitrogens with zero attached hydrogens (tertiary/aromatic N) is 2. The molecule has 2 heterocycles. The first kappa shape index (κ1) is 19.7. The molecule has 1 aliphatic rings. The molecule has 0 saturated carbocycles. The Morgan fingerprint density at radius 1 is 1.10 bits per heavy atom. The molecule has 6 heteroatoms. The van der Waals surface area contributed by atoms with E-state index >= 15 is 0 Å². The van der Waals surface area contributed by atoms with Crippen LogP contribution in [-0.2, 0) is 17.9 Å². The van der Waals surface area contributed by atoms with Gasteiger partial charge in [-0.05, 0) is 62.0 Å². The standard InChI is InChI=1S/C24H25N5O/c1-16(23-21-13-18(25)8-11-22(21)28-24(23)30)27-19-9-6-17(7-10-19)14-29(2)15-20-5-3-4-12-26-20/h3-13,27H,14-15,25H2,1-2H3,(H,28,30)/b23-16-. The fourth-order valence-electron chi connectivity index (χ4n) is 3.67. The van der Waals surface area contributed by atoms with Gasteiger partial charge < -0.3 is 16.4 Å². The van der Waals surface area contributed by atoms with Crippen molar-refractivity contribution in [1.82, 2.24) is 9.88 Å². The Bertz CT molecular complexity index is 1090. The van der Waals surface area contributed by atoms with Crippen molar-refractivity contribution in [1.29, 1.82) is 0 Å². The lowest BCUT2D eigenvalue weighted by molar-refractivity contribution is -0.110. The monoisotopic (exact) mass is 399 g/mol. The molecular formula is C24H25N5O. The first-order chi connectivity index (χ1) is 14.5. The van der Waals surface area contributed by atoms with Crippen LogP contribution >= 0.6 is 0 Å². The van der Waals surface area contributed by atoms with Gasteiger partial charge in [-0.3, -0.25) is 14.7 Å². The van der Waals surface area contributed by atoms with Gasteiger partial charge in [0.2, 0.25) is 0 Å². The van der Waals surface area contributed by atoms with Crippen LogP contribution in [0.25, 0.3) is 5.57 Å². The highest BCUT2D eigenvalue weighted by Crippen LogP contribution is 2.35. The molecule has 0 saturated heterocycles. The molecule has 152 valence electrons. The average Bonchev–Trinajstić information content (AvgIpc) is 3.05. The number of anilines is 3. The molecule has 0 aliphatic carbocycles. The molecule has 3 aromatic rings. The molecule has 2 aromatic carbocycles. The highest BCUT2D eigenvalue weighted by atomic mass is 16.2. The van der Waals surface area contributed by atoms with Crippen molar-refractivity contribution in [2.24, 2.45) is 0 Å². The zero-order valence-electron chi connectivity index (χ0n) is 17.1. The highest BCUT2D eigenvalue weighted by Gasteiger charge is 2.26. The molecule has 0 atom stereocenters. The van der Waals surface area contributed by atoms with Crippen molar-refractivity contribution in [3.05, 3.63) is 89.4 Å². The van der Waals surface area contributed by atoms with Gasteiger partial charge in [0.05, 0.1) is 11.3 Å². The van der Waals surface area contributed by atoms with E-state index < -0.39 is 0 Å². The van der Waals surface area contributed by atoms with E-state index in [0.717, 1.165) is 41.4 Å². The fourth-order valence-corrected chi connectivity index (χ4v) is 3.67. The van der Waals surface area contributed by atoms with Crippen LogP contribution in [0.4, 0.5) is 17.1 Å². The average molecular weight is 399 g/mol. The molecule has 1 aliphatic heterocycles. The molecule has 0 unspecified atom stereocenters. The third-order valence-corrected chi connectivity index (χ3v) is 5.06. The van der Waals surface area contributed by atoms with Gasteiger partial charge in [0.1, 0.15) is 0 Å². The number of pyridine rings is 1. The molecular weight excluding hydrogens is 374 g/mol. The molecule has 4 N–H and O–H groups in total. The summed E-state index contributed by atoms with van der Waals surface area (Å²) in [6, 6.07) is 19.7. The summed E-state index contributed by atoms with van der Waals surface area (Å²) < 4.78 is 0. The van der Waals surface area contributed by atoms with Crippen LogP contribution in [0, 0.1) is 0 Å². The summed E-state index contributed by atoms with van der Waals surface area (Å²) in [5.41, 5.74) is 12.8. The Labute approximate surface area is 176 Å². The predicted molar refractivity (Wildman–Crippen MR) is 122 cm³/mol. The van der Waals surface area contributed by atoms with Crippen molar-refractivity contribution in [3.8, 4) is 0 Å². The second-order valence-electron chi connectivity index (χ2n) is 7.57. The Morgan fingerprint density at radius 2 is 1.90 bits per heavy atom. The summed E-state index contributed by atoms with van der Waals surface area (Å²) in [5.74, 6) is -0.117. The number of allylic oxidation sites excluding steroid dienone is 1. The maximum Gasteiger partial charge on any atom is 0.258 e. The van der Waals surface area contributed by atoms with Crippen LogP contribution in [0.5, 0.6) is 0 Å². The zero-order valence-corrected chi connectivity index (χ0v) is 17.1. The largest absolute Gasteiger partial charge is 0.399 e. The van der Waals surface area contributed by atoms with E-state index in [-0.39, 0.29) is 5.91 Å². The molecule has 1 amide bonds. The molecule has 0 spiro atoms. The molecule has 0 fully saturated rings. The summed E-state index contributed by atoms with van der Waals surface area (Å²) in [4.78, 5) is 19.0. The maximum absolute atomic E-state index is 12.4. The van der Waals surface area contributed by atoms with Crippen LogP contribution in [0.1, 0.15) is 23.7 Å². The number of hydrogen-bond donors (Lipinski definition) is 3. The van der Waals surface area contributed by atoms with Crippen LogP contribution in [0.3, 0.4) is 0 Å². The Morgan fingerprint density at radius 3 is 2.63 bits per heavy atom. The molecule has 0 bridgehead atoms. The minimum absolute atomic E-state index is 0.117. The van der Waals surface area contributed by atoms with Crippen molar-refractivity contribution < 1.29 is 4.79 Å². The number of fused-ring (bicyclic) bond motifs is 1. The lowest BCUT2D eigenvalue weighted by Gasteiger charge is -2.17. The molecule has 1 aromatic heterocycles. The number of benzene rings is 2. The van der Waals surface area contributed by atoms with Crippen molar-refractivity contribution in [3.63, 3.8) is 0 Å². The number of nitrogens with two attached hydrogens (primary N) is 1. The topological polar surface area (TPSA) is 83.3 Å². The minimum Gasteiger partial charge on any atom is -0.399 e. The number of rotatable bonds is 6. The molecule has 30 heavy (non-hydrogen) atoms. The third-order valence-electron chi connectivity index (χ3n) is 5.06. The van der Waals surface area contributed by atoms with E-state index in [4.69, 9.17) is 5.73 Å². The highest BCUT2D eigenvalue weighted by molar-refractivity contribution is 6.32. The third kappa shape index (κ3) is 4.34. The smallest absolute Gasteiger partial charge is 0.258 e. The number of nitrogen functional groups attached to an aromatic ring is 1. The lowest BCUT2D eigenvalue weighted by atomic mass is 10.0. The van der Waals surface area contributed by atoms with Gasteiger partial charge in [-0.15, -0.1) is 0 Å². The van der Waals surface area contributed by atoms with Crippen LogP contribution in [0.15, 0.2) is 72.6 Å². The quantitative estimate of drug-likeness (QED) is 0.430. The molecule has 6 nitrogen and oxygen atoms in total. The van der Waals surface area contributed by atoms with Crippen molar-refractivity contribution in [2.75, 3.05) is 23.4 Å². The number of amides is 1. The van der Waals surface area contributed by atoms with E-state index in [0.29, 0.717) is 11.3 Å². The van der Waals surface area contributed by atoms with Crippen LogP contribution < -0.4 is 16.4 Å². The summed E-state index contributed by atoms with van der Waals surface area (Å²) in [6.07, 6.45) is 1.82. The Hall–Kier alpha value is -3.64. The van der Waals surface area contributed by atoms with Crippen LogP contribution in [0.2, 0.25) is 0 Å². The minimum atomic E-state index is -0.117. The second kappa shape index (κ2) is 8.39. The number of hydrogen-bond acceptors (Lipinski definition) is 5. The summed E-state index contributed by atoms with van der Waals surface area (Å²) in [7, 11) is 2.08. The van der Waals surface area contributed by atoms with Crippen LogP contribution in [-0.4, -0.2) is 22.8 Å². The van der Waals surface area contributed by atoms with E-state index in [1.807, 2.05) is 55.6 Å². The van der Waals surface area contributed by atoms with Gasteiger partial charge in [0.25, 0.3) is 5.91 Å². The van der Waals surface area contributed by atoms with E-state index in [1.54, 1.807) is 6.07 Å². The second-order valence-corrected chi connectivity index (χ2v) is 7.57. The van der Waals surface area contributed by atoms with E-state index in [2.05, 4.69) is 39.7 Å². The number of carbonyl (C=O) groups excluding carboxylic acids is 1. The first-order valence-electron chi connectivity index (χ1n) is 9.86. The summed E-state index contributed by atoms with van der Waals surface area (Å²) >= 11 is 0. The summed E-state index contributed by atoms with van der Waals surface area (Å²) in [6.45, 7) is 3.53. The molecule has 4 rings (SSSR count). The number of aromatic nitrogens is 1. The van der Waals surface area contributed by atoms with Crippen molar-refractivity contribution >= 4 is 28.5 Å². The lowest BCUT2D eigenvalue weighted by Crippen LogP contribution is -2.17. The van der Waals surface area contributed by atoms with Gasteiger partial charge in [-0.2, -0.15) is 0 Å². The zero-order chi connectivity index (χ0) is 21.1. The van der Waals surface area contributed by atoms with Gasteiger partial charge in [0.15, 0.2) is 0 Å². The van der Waals surface area contributed by atoms with Gasteiger partial charge >= 0.3 is 0 Å². The molecule has 0 radical (unpaired) electrons. The Kier molecular flexibility index (Phi) is 5.50. The summed E-state index contributed by atoms with van der Waals surface area (Å²) in [5, 5.41) is 6.24. The SMILES string of the molecule is C/C(Nc1ccc(CN(C)Cc2ccccn2)cc1)=C1/C(=O)Nc2ccc(N)cc21. The fraction of sp³-hybridized carbons (Fsp3) is 0.167. The number of nitrogens with one attached hydrogen (secondary N) is 2. The van der Waals surface area contributed by atoms with Gasteiger partial charge in [-0.25, -0.2) is 0 Å². The van der Waals surface area contributed by atoms with Gasteiger partial charge in [0, 0.05) is 47.6 Å². The van der Waals surface area contributed by atoms with Gasteiger partial charge in [-0.1, -0.05) is 18.2 Å². The van der Waals surface area contributed by atoms with Crippen molar-refractivity contribution in [2.45, 2.75) is 20.0 Å². The maximum atomic E-state index is 12.4. The first-order valence-corrected chi connectivity index (χ1v) is 9.86. The normalized spacial score (nSPS) is 14.4. The van der Waals surface area contributed by atoms with E-state index in [1.165, 1.54) is 5.56 Å². The number of carbonyl (C=O) groups is 1.